The number of anilines is 1. The van der Waals surface area contributed by atoms with Gasteiger partial charge in [-0.2, -0.15) is 0 Å². The zero-order valence-corrected chi connectivity index (χ0v) is 12.7. The number of aromatic nitrogens is 1. The third-order valence-corrected chi connectivity index (χ3v) is 3.77. The van der Waals surface area contributed by atoms with E-state index in [4.69, 9.17) is 0 Å². The van der Waals surface area contributed by atoms with Crippen LogP contribution in [0.25, 0.3) is 0 Å². The van der Waals surface area contributed by atoms with E-state index < -0.39 is 0 Å². The quantitative estimate of drug-likeness (QED) is 0.906. The highest BCUT2D eigenvalue weighted by Crippen LogP contribution is 2.25. The lowest BCUT2D eigenvalue weighted by Gasteiger charge is -2.36. The van der Waals surface area contributed by atoms with Gasteiger partial charge in [-0.25, -0.2) is 0 Å². The molecule has 1 aliphatic heterocycles. The monoisotopic (exact) mass is 261 g/mol. The van der Waals surface area contributed by atoms with Crippen LogP contribution in [0.2, 0.25) is 0 Å². The summed E-state index contributed by atoms with van der Waals surface area (Å²) in [7, 11) is 0. The molecular formula is C16H27N3. The van der Waals surface area contributed by atoms with Crippen molar-refractivity contribution in [2.75, 3.05) is 24.5 Å². The standard InChI is InChI=1S/C16H27N3/c1-13-10-17-8-7-15(13)19-9-5-6-14(12-19)11-18-16(2,3)4/h7-8,10,14,18H,5-6,9,11-12H2,1-4H3. The SMILES string of the molecule is Cc1cnccc1N1CCCC(CNC(C)(C)C)C1. The molecule has 0 spiro atoms. The Balaban J connectivity index is 1.96. The Labute approximate surface area is 117 Å². The van der Waals surface area contributed by atoms with Gasteiger partial charge in [-0.3, -0.25) is 4.98 Å². The van der Waals surface area contributed by atoms with E-state index in [-0.39, 0.29) is 5.54 Å². The molecule has 2 rings (SSSR count). The van der Waals surface area contributed by atoms with E-state index in [1.807, 2.05) is 12.4 Å². The van der Waals surface area contributed by atoms with Gasteiger partial charge in [0.15, 0.2) is 0 Å². The maximum Gasteiger partial charge on any atom is 0.0426 e. The zero-order chi connectivity index (χ0) is 13.9. The first kappa shape index (κ1) is 14.3. The highest BCUT2D eigenvalue weighted by atomic mass is 15.1. The fourth-order valence-corrected chi connectivity index (χ4v) is 2.72. The van der Waals surface area contributed by atoms with Crippen LogP contribution in [0.1, 0.15) is 39.2 Å². The van der Waals surface area contributed by atoms with E-state index in [1.165, 1.54) is 30.6 Å². The minimum Gasteiger partial charge on any atom is -0.371 e. The Morgan fingerprint density at radius 3 is 2.89 bits per heavy atom. The largest absolute Gasteiger partial charge is 0.371 e. The van der Waals surface area contributed by atoms with Crippen LogP contribution in [0.4, 0.5) is 5.69 Å². The summed E-state index contributed by atoms with van der Waals surface area (Å²) in [6.07, 6.45) is 6.49. The molecule has 1 aromatic heterocycles. The van der Waals surface area contributed by atoms with E-state index in [0.717, 1.165) is 19.0 Å². The predicted octanol–water partition coefficient (Wildman–Crippen LogP) is 2.99. The summed E-state index contributed by atoms with van der Waals surface area (Å²) in [4.78, 5) is 6.71. The van der Waals surface area contributed by atoms with E-state index in [1.54, 1.807) is 0 Å². The molecule has 3 heteroatoms. The van der Waals surface area contributed by atoms with Crippen molar-refractivity contribution in [2.24, 2.45) is 5.92 Å². The minimum absolute atomic E-state index is 0.217. The van der Waals surface area contributed by atoms with Crippen molar-refractivity contribution in [2.45, 2.75) is 46.1 Å². The summed E-state index contributed by atoms with van der Waals surface area (Å²) in [5.41, 5.74) is 2.86. The Hall–Kier alpha value is -1.09. The van der Waals surface area contributed by atoms with Crippen LogP contribution in [-0.2, 0) is 0 Å². The summed E-state index contributed by atoms with van der Waals surface area (Å²) >= 11 is 0. The molecule has 2 heterocycles. The zero-order valence-electron chi connectivity index (χ0n) is 12.7. The summed E-state index contributed by atoms with van der Waals surface area (Å²) in [5, 5.41) is 3.64. The molecule has 0 aromatic carbocycles. The lowest BCUT2D eigenvalue weighted by molar-refractivity contribution is 0.335. The van der Waals surface area contributed by atoms with Crippen LogP contribution in [0.5, 0.6) is 0 Å². The molecule has 1 fully saturated rings. The maximum absolute atomic E-state index is 4.19. The molecule has 0 aliphatic carbocycles. The maximum atomic E-state index is 4.19. The lowest BCUT2D eigenvalue weighted by Crippen LogP contribution is -2.44. The lowest BCUT2D eigenvalue weighted by atomic mass is 9.96. The molecule has 0 amide bonds. The van der Waals surface area contributed by atoms with Crippen LogP contribution in [-0.4, -0.2) is 30.2 Å². The normalized spacial score (nSPS) is 20.6. The number of nitrogens with zero attached hydrogens (tertiary/aromatic N) is 2. The molecular weight excluding hydrogens is 234 g/mol. The number of pyridine rings is 1. The molecule has 1 atom stereocenters. The summed E-state index contributed by atoms with van der Waals surface area (Å²) in [5.74, 6) is 0.751. The number of hydrogen-bond donors (Lipinski definition) is 1. The van der Waals surface area contributed by atoms with Crippen molar-refractivity contribution in [1.29, 1.82) is 0 Å². The molecule has 1 aromatic rings. The summed E-state index contributed by atoms with van der Waals surface area (Å²) in [6.45, 7) is 12.3. The fraction of sp³-hybridized carbons (Fsp3) is 0.688. The molecule has 19 heavy (non-hydrogen) atoms. The van der Waals surface area contributed by atoms with E-state index in [2.05, 4.69) is 49.0 Å². The van der Waals surface area contributed by atoms with Gasteiger partial charge in [0.1, 0.15) is 0 Å². The molecule has 1 aliphatic rings. The van der Waals surface area contributed by atoms with Gasteiger partial charge < -0.3 is 10.2 Å². The Morgan fingerprint density at radius 2 is 2.21 bits per heavy atom. The first-order valence-electron chi connectivity index (χ1n) is 7.36. The van der Waals surface area contributed by atoms with Crippen LogP contribution in [0.15, 0.2) is 18.5 Å². The molecule has 0 saturated carbocycles. The highest BCUT2D eigenvalue weighted by Gasteiger charge is 2.22. The Morgan fingerprint density at radius 1 is 1.42 bits per heavy atom. The second kappa shape index (κ2) is 5.91. The van der Waals surface area contributed by atoms with Crippen LogP contribution in [0.3, 0.4) is 0 Å². The van der Waals surface area contributed by atoms with Gasteiger partial charge >= 0.3 is 0 Å². The third-order valence-electron chi connectivity index (χ3n) is 3.77. The topological polar surface area (TPSA) is 28.2 Å². The Bertz CT molecular complexity index is 409. The average molecular weight is 261 g/mol. The molecule has 106 valence electrons. The second-order valence-electron chi connectivity index (χ2n) is 6.75. The molecule has 1 N–H and O–H groups in total. The number of aryl methyl sites for hydroxylation is 1. The van der Waals surface area contributed by atoms with Crippen molar-refractivity contribution in [1.82, 2.24) is 10.3 Å². The Kier molecular flexibility index (Phi) is 4.46. The minimum atomic E-state index is 0.217. The summed E-state index contributed by atoms with van der Waals surface area (Å²) < 4.78 is 0. The predicted molar refractivity (Wildman–Crippen MR) is 81.7 cm³/mol. The molecule has 0 bridgehead atoms. The molecule has 1 unspecified atom stereocenters. The number of hydrogen-bond acceptors (Lipinski definition) is 3. The van der Waals surface area contributed by atoms with E-state index in [9.17, 15) is 0 Å². The van der Waals surface area contributed by atoms with Crippen LogP contribution >= 0.6 is 0 Å². The van der Waals surface area contributed by atoms with E-state index in [0.29, 0.717) is 0 Å². The van der Waals surface area contributed by atoms with Crippen molar-refractivity contribution in [3.05, 3.63) is 24.0 Å². The first-order valence-corrected chi connectivity index (χ1v) is 7.36. The van der Waals surface area contributed by atoms with Crippen molar-refractivity contribution in [3.8, 4) is 0 Å². The van der Waals surface area contributed by atoms with Crippen molar-refractivity contribution >= 4 is 5.69 Å². The first-order chi connectivity index (χ1) is 8.96. The third kappa shape index (κ3) is 4.20. The molecule has 0 radical (unpaired) electrons. The van der Waals surface area contributed by atoms with Crippen LogP contribution in [0, 0.1) is 12.8 Å². The molecule has 1 saturated heterocycles. The number of piperidine rings is 1. The van der Waals surface area contributed by atoms with Crippen molar-refractivity contribution in [3.63, 3.8) is 0 Å². The van der Waals surface area contributed by atoms with E-state index >= 15 is 0 Å². The van der Waals surface area contributed by atoms with Gasteiger partial charge in [0.2, 0.25) is 0 Å². The highest BCUT2D eigenvalue weighted by molar-refractivity contribution is 5.51. The fourth-order valence-electron chi connectivity index (χ4n) is 2.72. The number of nitrogens with one attached hydrogen (secondary N) is 1. The summed E-state index contributed by atoms with van der Waals surface area (Å²) in [6, 6.07) is 2.15. The van der Waals surface area contributed by atoms with Crippen molar-refractivity contribution < 1.29 is 0 Å². The van der Waals surface area contributed by atoms with Gasteiger partial charge in [0.25, 0.3) is 0 Å². The van der Waals surface area contributed by atoms with Gasteiger partial charge in [0.05, 0.1) is 0 Å². The smallest absolute Gasteiger partial charge is 0.0426 e. The van der Waals surface area contributed by atoms with Gasteiger partial charge in [-0.15, -0.1) is 0 Å². The molecule has 3 nitrogen and oxygen atoms in total. The van der Waals surface area contributed by atoms with Gasteiger partial charge in [-0.05, 0) is 58.1 Å². The number of rotatable bonds is 3. The second-order valence-corrected chi connectivity index (χ2v) is 6.75. The van der Waals surface area contributed by atoms with Crippen LogP contribution < -0.4 is 10.2 Å². The van der Waals surface area contributed by atoms with Gasteiger partial charge in [-0.1, -0.05) is 0 Å². The van der Waals surface area contributed by atoms with Gasteiger partial charge in [0, 0.05) is 43.3 Å². The average Bonchev–Trinajstić information content (AvgIpc) is 2.36.